The van der Waals surface area contributed by atoms with Gasteiger partial charge in [-0.15, -0.1) is 0 Å². The molecule has 0 fully saturated rings. The lowest BCUT2D eigenvalue weighted by molar-refractivity contribution is 0.819. The smallest absolute Gasteiger partial charge is 0.00315 e. The van der Waals surface area contributed by atoms with Crippen molar-refractivity contribution >= 4 is 37.9 Å². The Labute approximate surface area is 128 Å². The van der Waals surface area contributed by atoms with Gasteiger partial charge in [0.05, 0.1) is 0 Å². The van der Waals surface area contributed by atoms with Crippen LogP contribution in [0.1, 0.15) is 55.2 Å². The van der Waals surface area contributed by atoms with E-state index in [1.54, 1.807) is 0 Å². The Balaban J connectivity index is 3.19. The molecule has 3 heteroatoms. The van der Waals surface area contributed by atoms with Gasteiger partial charge < -0.3 is 0 Å². The molecule has 0 amide bonds. The van der Waals surface area contributed by atoms with Crippen molar-refractivity contribution in [3.8, 4) is 0 Å². The SMILES string of the molecule is CC(CS)c1cc(C(C)CS)cc(C(C)CS)c1. The number of rotatable bonds is 6. The topological polar surface area (TPSA) is 0 Å². The first-order valence-corrected chi connectivity index (χ1v) is 8.40. The van der Waals surface area contributed by atoms with E-state index in [1.165, 1.54) is 16.7 Å². The van der Waals surface area contributed by atoms with Gasteiger partial charge in [0.25, 0.3) is 0 Å². The Morgan fingerprint density at radius 3 is 1.06 bits per heavy atom. The van der Waals surface area contributed by atoms with Crippen molar-refractivity contribution in [2.24, 2.45) is 0 Å². The van der Waals surface area contributed by atoms with E-state index >= 15 is 0 Å². The highest BCUT2D eigenvalue weighted by molar-refractivity contribution is 7.80. The summed E-state index contributed by atoms with van der Waals surface area (Å²) < 4.78 is 0. The van der Waals surface area contributed by atoms with Gasteiger partial charge in [-0.25, -0.2) is 0 Å². The third kappa shape index (κ3) is 4.14. The molecule has 0 saturated carbocycles. The molecule has 18 heavy (non-hydrogen) atoms. The van der Waals surface area contributed by atoms with E-state index < -0.39 is 0 Å². The van der Waals surface area contributed by atoms with E-state index in [0.29, 0.717) is 17.8 Å². The third-order valence-electron chi connectivity index (χ3n) is 3.53. The third-order valence-corrected chi connectivity index (χ3v) is 5.17. The second kappa shape index (κ2) is 7.76. The van der Waals surface area contributed by atoms with Crippen molar-refractivity contribution < 1.29 is 0 Å². The van der Waals surface area contributed by atoms with Crippen LogP contribution in [0.2, 0.25) is 0 Å². The second-order valence-corrected chi connectivity index (χ2v) is 6.28. The molecule has 3 atom stereocenters. The van der Waals surface area contributed by atoms with Gasteiger partial charge in [-0.1, -0.05) is 39.0 Å². The summed E-state index contributed by atoms with van der Waals surface area (Å²) in [5.41, 5.74) is 4.17. The molecule has 0 radical (unpaired) electrons. The zero-order valence-electron chi connectivity index (χ0n) is 11.4. The van der Waals surface area contributed by atoms with Crippen molar-refractivity contribution in [2.75, 3.05) is 17.3 Å². The first-order chi connectivity index (χ1) is 8.53. The van der Waals surface area contributed by atoms with Crippen LogP contribution < -0.4 is 0 Å². The Morgan fingerprint density at radius 1 is 0.667 bits per heavy atom. The van der Waals surface area contributed by atoms with Crippen molar-refractivity contribution in [3.63, 3.8) is 0 Å². The summed E-state index contributed by atoms with van der Waals surface area (Å²) in [5, 5.41) is 0. The van der Waals surface area contributed by atoms with Gasteiger partial charge in [0, 0.05) is 0 Å². The molecule has 0 heterocycles. The fraction of sp³-hybridized carbons (Fsp3) is 0.600. The minimum absolute atomic E-state index is 0.492. The molecular weight excluding hydrogens is 276 g/mol. The summed E-state index contributed by atoms with van der Waals surface area (Å²) in [7, 11) is 0. The van der Waals surface area contributed by atoms with Crippen LogP contribution in [0.4, 0.5) is 0 Å². The summed E-state index contributed by atoms with van der Waals surface area (Å²) in [4.78, 5) is 0. The van der Waals surface area contributed by atoms with E-state index in [4.69, 9.17) is 0 Å². The highest BCUT2D eigenvalue weighted by Crippen LogP contribution is 2.28. The first kappa shape index (κ1) is 16.3. The maximum absolute atomic E-state index is 4.41. The van der Waals surface area contributed by atoms with Crippen LogP contribution in [0.3, 0.4) is 0 Å². The van der Waals surface area contributed by atoms with Crippen LogP contribution in [-0.4, -0.2) is 17.3 Å². The van der Waals surface area contributed by atoms with Gasteiger partial charge in [-0.2, -0.15) is 37.9 Å². The van der Waals surface area contributed by atoms with Gasteiger partial charge in [-0.3, -0.25) is 0 Å². The average molecular weight is 301 g/mol. The maximum atomic E-state index is 4.41. The van der Waals surface area contributed by atoms with Gasteiger partial charge in [0.2, 0.25) is 0 Å². The van der Waals surface area contributed by atoms with Crippen LogP contribution in [0, 0.1) is 0 Å². The van der Waals surface area contributed by atoms with Crippen LogP contribution in [0.5, 0.6) is 0 Å². The molecule has 0 N–H and O–H groups in total. The van der Waals surface area contributed by atoms with Gasteiger partial charge in [-0.05, 0) is 51.7 Å². The predicted octanol–water partition coefficient (Wildman–Crippen LogP) is 4.79. The lowest BCUT2D eigenvalue weighted by Crippen LogP contribution is -2.04. The van der Waals surface area contributed by atoms with E-state index in [1.807, 2.05) is 0 Å². The van der Waals surface area contributed by atoms with Gasteiger partial charge in [0.15, 0.2) is 0 Å². The van der Waals surface area contributed by atoms with Crippen LogP contribution in [0.25, 0.3) is 0 Å². The predicted molar refractivity (Wildman–Crippen MR) is 93.2 cm³/mol. The normalized spacial score (nSPS) is 16.3. The summed E-state index contributed by atoms with van der Waals surface area (Å²) in [5.74, 6) is 4.12. The molecule has 0 aromatic heterocycles. The van der Waals surface area contributed by atoms with Crippen molar-refractivity contribution in [1.29, 1.82) is 0 Å². The highest BCUT2D eigenvalue weighted by atomic mass is 32.1. The Morgan fingerprint density at radius 2 is 0.889 bits per heavy atom. The fourth-order valence-electron chi connectivity index (χ4n) is 1.87. The summed E-state index contributed by atoms with van der Waals surface area (Å²) in [6.45, 7) is 6.69. The Hall–Kier alpha value is 0.270. The summed E-state index contributed by atoms with van der Waals surface area (Å²) in [6.07, 6.45) is 0. The standard InChI is InChI=1S/C15H24S3/c1-10(7-16)13-4-14(11(2)8-17)6-15(5-13)12(3)9-18/h4-6,10-12,16-18H,7-9H2,1-3H3. The van der Waals surface area contributed by atoms with Crippen LogP contribution in [-0.2, 0) is 0 Å². The van der Waals surface area contributed by atoms with E-state index in [0.717, 1.165) is 17.3 Å². The number of hydrogen-bond acceptors (Lipinski definition) is 3. The molecule has 3 unspecified atom stereocenters. The number of hydrogen-bond donors (Lipinski definition) is 3. The van der Waals surface area contributed by atoms with Gasteiger partial charge >= 0.3 is 0 Å². The molecule has 1 aromatic carbocycles. The van der Waals surface area contributed by atoms with Crippen molar-refractivity contribution in [3.05, 3.63) is 34.9 Å². The molecule has 1 aromatic rings. The highest BCUT2D eigenvalue weighted by Gasteiger charge is 2.13. The number of thiol groups is 3. The van der Waals surface area contributed by atoms with Crippen LogP contribution in [0.15, 0.2) is 18.2 Å². The van der Waals surface area contributed by atoms with E-state index in [-0.39, 0.29) is 0 Å². The van der Waals surface area contributed by atoms with Crippen LogP contribution >= 0.6 is 37.9 Å². The minimum Gasteiger partial charge on any atom is -0.179 e. The Kier molecular flexibility index (Phi) is 7.04. The molecular formula is C15H24S3. The molecule has 0 aliphatic carbocycles. The molecule has 0 aliphatic heterocycles. The van der Waals surface area contributed by atoms with E-state index in [9.17, 15) is 0 Å². The lowest BCUT2D eigenvalue weighted by Gasteiger charge is -2.19. The fourth-order valence-corrected chi connectivity index (χ4v) is 2.50. The molecule has 1 rings (SSSR count). The zero-order chi connectivity index (χ0) is 13.7. The quantitative estimate of drug-likeness (QED) is 0.618. The molecule has 0 aliphatic rings. The average Bonchev–Trinajstić information content (AvgIpc) is 2.43. The van der Waals surface area contributed by atoms with Gasteiger partial charge in [0.1, 0.15) is 0 Å². The largest absolute Gasteiger partial charge is 0.179 e. The monoisotopic (exact) mass is 300 g/mol. The molecule has 0 nitrogen and oxygen atoms in total. The molecule has 102 valence electrons. The van der Waals surface area contributed by atoms with Crippen molar-refractivity contribution in [2.45, 2.75) is 38.5 Å². The molecule has 0 bridgehead atoms. The molecule has 0 spiro atoms. The zero-order valence-corrected chi connectivity index (χ0v) is 14.1. The van der Waals surface area contributed by atoms with E-state index in [2.05, 4.69) is 76.9 Å². The number of benzene rings is 1. The maximum Gasteiger partial charge on any atom is -0.00315 e. The second-order valence-electron chi connectivity index (χ2n) is 5.18. The lowest BCUT2D eigenvalue weighted by atomic mass is 9.89. The Bertz CT molecular complexity index is 307. The van der Waals surface area contributed by atoms with Crippen molar-refractivity contribution in [1.82, 2.24) is 0 Å². The first-order valence-electron chi connectivity index (χ1n) is 6.50. The summed E-state index contributed by atoms with van der Waals surface area (Å²) in [6, 6.07) is 6.95. The summed E-state index contributed by atoms with van der Waals surface area (Å²) >= 11 is 13.2. The minimum atomic E-state index is 0.492. The molecule has 0 saturated heterocycles.